The molecule has 0 amide bonds. The number of azo groups is 1. The van der Waals surface area contributed by atoms with Crippen molar-refractivity contribution < 1.29 is 9.90 Å². The second kappa shape index (κ2) is 10.2. The predicted octanol–water partition coefficient (Wildman–Crippen LogP) is 8.09. The molecule has 0 aromatic heterocycles. The number of hydrogen-bond acceptors (Lipinski definition) is 5. The minimum Gasteiger partial charge on any atom is -0.507 e. The Labute approximate surface area is 199 Å². The molecule has 0 spiro atoms. The minimum absolute atomic E-state index is 0.0589. The van der Waals surface area contributed by atoms with Gasteiger partial charge in [-0.15, -0.1) is 0 Å². The van der Waals surface area contributed by atoms with Crippen molar-refractivity contribution in [3.63, 3.8) is 0 Å². The molecule has 3 aromatic rings. The molecular weight excluding hydrogens is 422 g/mol. The largest absolute Gasteiger partial charge is 0.507 e. The standard InChI is InChI=1S/C29H27N3O2/c1-29(2)19-25(28(27(34)20-29)26(33)18-13-21-9-5-3-6-10-21)30-22-14-16-24(17-15-22)32-31-23-11-7-4-8-12-23/h3-18,33H,19-20H2,1-2H3/b18-13+,28-26?,30-25?,32-31?. The molecule has 0 aliphatic heterocycles. The van der Waals surface area contributed by atoms with E-state index in [0.717, 1.165) is 11.3 Å². The Kier molecular flexibility index (Phi) is 6.93. The second-order valence-corrected chi connectivity index (χ2v) is 9.06. The summed E-state index contributed by atoms with van der Waals surface area (Å²) in [5, 5.41) is 19.3. The number of benzene rings is 3. The average molecular weight is 450 g/mol. The predicted molar refractivity (Wildman–Crippen MR) is 137 cm³/mol. The van der Waals surface area contributed by atoms with Gasteiger partial charge in [-0.2, -0.15) is 10.2 Å². The van der Waals surface area contributed by atoms with Crippen molar-refractivity contribution in [2.45, 2.75) is 26.7 Å². The Balaban J connectivity index is 1.62. The number of rotatable bonds is 5. The lowest BCUT2D eigenvalue weighted by molar-refractivity contribution is -0.117. The molecule has 4 rings (SSSR count). The van der Waals surface area contributed by atoms with Gasteiger partial charge in [0.2, 0.25) is 0 Å². The lowest BCUT2D eigenvalue weighted by Gasteiger charge is -2.31. The quantitative estimate of drug-likeness (QED) is 0.243. The molecule has 1 fully saturated rings. The fraction of sp³-hybridized carbons (Fsp3) is 0.172. The SMILES string of the molecule is CC1(C)CC(=O)C(=C(O)/C=C/c2ccccc2)C(=Nc2ccc(N=Nc3ccccc3)cc2)C1. The Hall–Kier alpha value is -4.12. The van der Waals surface area contributed by atoms with Crippen LogP contribution in [0.4, 0.5) is 17.1 Å². The molecule has 0 saturated heterocycles. The molecule has 0 atom stereocenters. The van der Waals surface area contributed by atoms with Crippen molar-refractivity contribution in [2.75, 3.05) is 0 Å². The van der Waals surface area contributed by atoms with Crippen LogP contribution in [-0.4, -0.2) is 16.6 Å². The van der Waals surface area contributed by atoms with Gasteiger partial charge in [-0.05, 0) is 59.9 Å². The van der Waals surface area contributed by atoms with E-state index < -0.39 is 0 Å². The van der Waals surface area contributed by atoms with Gasteiger partial charge in [0.1, 0.15) is 5.76 Å². The molecule has 5 nitrogen and oxygen atoms in total. The molecule has 1 N–H and O–H groups in total. The first-order chi connectivity index (χ1) is 16.4. The highest BCUT2D eigenvalue weighted by atomic mass is 16.3. The lowest BCUT2D eigenvalue weighted by atomic mass is 9.73. The van der Waals surface area contributed by atoms with E-state index in [-0.39, 0.29) is 17.0 Å². The van der Waals surface area contributed by atoms with E-state index in [2.05, 4.69) is 10.2 Å². The highest BCUT2D eigenvalue weighted by Crippen LogP contribution is 2.36. The van der Waals surface area contributed by atoms with Crippen molar-refractivity contribution in [3.05, 3.63) is 108 Å². The van der Waals surface area contributed by atoms with E-state index in [4.69, 9.17) is 4.99 Å². The summed E-state index contributed by atoms with van der Waals surface area (Å²) in [7, 11) is 0. The van der Waals surface area contributed by atoms with Gasteiger partial charge in [0.15, 0.2) is 5.78 Å². The lowest BCUT2D eigenvalue weighted by Crippen LogP contribution is -2.32. The van der Waals surface area contributed by atoms with Gasteiger partial charge in [0, 0.05) is 6.42 Å². The summed E-state index contributed by atoms with van der Waals surface area (Å²) in [6.45, 7) is 4.09. The Morgan fingerprint density at radius 3 is 2.00 bits per heavy atom. The molecule has 0 radical (unpaired) electrons. The topological polar surface area (TPSA) is 74.4 Å². The summed E-state index contributed by atoms with van der Waals surface area (Å²) in [5.74, 6) is -0.158. The number of aliphatic hydroxyl groups is 1. The molecule has 34 heavy (non-hydrogen) atoms. The van der Waals surface area contributed by atoms with Gasteiger partial charge in [0.25, 0.3) is 0 Å². The summed E-state index contributed by atoms with van der Waals surface area (Å²) >= 11 is 0. The maximum Gasteiger partial charge on any atom is 0.168 e. The third-order valence-corrected chi connectivity index (χ3v) is 5.49. The second-order valence-electron chi connectivity index (χ2n) is 9.06. The van der Waals surface area contributed by atoms with Gasteiger partial charge in [-0.25, -0.2) is 0 Å². The van der Waals surface area contributed by atoms with Gasteiger partial charge < -0.3 is 5.11 Å². The monoisotopic (exact) mass is 449 g/mol. The van der Waals surface area contributed by atoms with Crippen LogP contribution in [-0.2, 0) is 4.79 Å². The first-order valence-corrected chi connectivity index (χ1v) is 11.2. The van der Waals surface area contributed by atoms with E-state index in [1.54, 1.807) is 12.2 Å². The van der Waals surface area contributed by atoms with Crippen molar-refractivity contribution in [1.29, 1.82) is 0 Å². The maximum atomic E-state index is 13.0. The first kappa shape index (κ1) is 23.1. The van der Waals surface area contributed by atoms with Gasteiger partial charge in [-0.3, -0.25) is 9.79 Å². The van der Waals surface area contributed by atoms with Crippen LogP contribution in [0.1, 0.15) is 32.3 Å². The fourth-order valence-electron chi connectivity index (χ4n) is 3.86. The zero-order chi connectivity index (χ0) is 24.0. The minimum atomic E-state index is -0.229. The first-order valence-electron chi connectivity index (χ1n) is 11.2. The summed E-state index contributed by atoms with van der Waals surface area (Å²) in [5.41, 5.74) is 3.77. The Morgan fingerprint density at radius 2 is 1.35 bits per heavy atom. The number of carbonyl (C=O) groups is 1. The number of hydrogen-bond donors (Lipinski definition) is 1. The van der Waals surface area contributed by atoms with Gasteiger partial charge in [0.05, 0.1) is 28.3 Å². The number of ketones is 1. The summed E-state index contributed by atoms with van der Waals surface area (Å²) in [4.78, 5) is 17.7. The van der Waals surface area contributed by atoms with Crippen LogP contribution >= 0.6 is 0 Å². The summed E-state index contributed by atoms with van der Waals surface area (Å²) in [6, 6.07) is 26.5. The molecule has 1 aliphatic carbocycles. The molecule has 1 aliphatic rings. The average Bonchev–Trinajstić information content (AvgIpc) is 2.82. The molecule has 0 unspecified atom stereocenters. The van der Waals surface area contributed by atoms with Gasteiger partial charge in [-0.1, -0.05) is 68.5 Å². The zero-order valence-corrected chi connectivity index (χ0v) is 19.3. The fourth-order valence-corrected chi connectivity index (χ4v) is 3.86. The van der Waals surface area contributed by atoms with E-state index in [9.17, 15) is 9.90 Å². The van der Waals surface area contributed by atoms with Gasteiger partial charge >= 0.3 is 0 Å². The number of aliphatic hydroxyl groups excluding tert-OH is 1. The van der Waals surface area contributed by atoms with E-state index >= 15 is 0 Å². The zero-order valence-electron chi connectivity index (χ0n) is 19.3. The van der Waals surface area contributed by atoms with Crippen LogP contribution < -0.4 is 0 Å². The highest BCUT2D eigenvalue weighted by molar-refractivity contribution is 6.25. The molecule has 5 heteroatoms. The van der Waals surface area contributed by atoms with Crippen LogP contribution in [0, 0.1) is 5.41 Å². The molecular formula is C29H27N3O2. The third kappa shape index (κ3) is 6.01. The molecule has 0 bridgehead atoms. The molecule has 1 saturated carbocycles. The third-order valence-electron chi connectivity index (χ3n) is 5.49. The number of aliphatic imine (C=N–C) groups is 1. The summed E-state index contributed by atoms with van der Waals surface area (Å²) < 4.78 is 0. The van der Waals surface area contributed by atoms with E-state index in [0.29, 0.717) is 35.5 Å². The molecule has 0 heterocycles. The normalized spacial score (nSPS) is 18.6. The van der Waals surface area contributed by atoms with Crippen LogP contribution in [0.5, 0.6) is 0 Å². The number of nitrogens with zero attached hydrogens (tertiary/aromatic N) is 3. The van der Waals surface area contributed by atoms with Crippen molar-refractivity contribution in [1.82, 2.24) is 0 Å². The van der Waals surface area contributed by atoms with Crippen LogP contribution in [0.15, 0.2) is 118 Å². The van der Waals surface area contributed by atoms with Crippen LogP contribution in [0.25, 0.3) is 6.08 Å². The molecule has 170 valence electrons. The number of Topliss-reactive ketones (excluding diaryl/α,β-unsaturated/α-hetero) is 1. The Bertz CT molecular complexity index is 1270. The summed E-state index contributed by atoms with van der Waals surface area (Å²) in [6.07, 6.45) is 4.32. The van der Waals surface area contributed by atoms with E-state index in [1.165, 1.54) is 0 Å². The van der Waals surface area contributed by atoms with E-state index in [1.807, 2.05) is 98.8 Å². The Morgan fingerprint density at radius 1 is 0.794 bits per heavy atom. The van der Waals surface area contributed by atoms with Crippen molar-refractivity contribution in [2.24, 2.45) is 20.6 Å². The number of allylic oxidation sites excluding steroid dienone is 2. The van der Waals surface area contributed by atoms with Crippen molar-refractivity contribution >= 4 is 34.6 Å². The maximum absolute atomic E-state index is 13.0. The van der Waals surface area contributed by atoms with Crippen molar-refractivity contribution in [3.8, 4) is 0 Å². The molecule has 3 aromatic carbocycles. The van der Waals surface area contributed by atoms with Crippen LogP contribution in [0.2, 0.25) is 0 Å². The number of carbonyl (C=O) groups excluding carboxylic acids is 1. The smallest absolute Gasteiger partial charge is 0.168 e. The van der Waals surface area contributed by atoms with Crippen LogP contribution in [0.3, 0.4) is 0 Å². The highest BCUT2D eigenvalue weighted by Gasteiger charge is 2.36.